The summed E-state index contributed by atoms with van der Waals surface area (Å²) in [6, 6.07) is 3.93. The van der Waals surface area contributed by atoms with Crippen LogP contribution < -0.4 is 10.5 Å². The zero-order valence-electron chi connectivity index (χ0n) is 12.1. The predicted molar refractivity (Wildman–Crippen MR) is 76.9 cm³/mol. The second-order valence-electron chi connectivity index (χ2n) is 5.43. The van der Waals surface area contributed by atoms with E-state index in [9.17, 15) is 14.3 Å². The van der Waals surface area contributed by atoms with Crippen molar-refractivity contribution in [3.63, 3.8) is 0 Å². The first-order chi connectivity index (χ1) is 9.99. The zero-order valence-corrected chi connectivity index (χ0v) is 12.1. The van der Waals surface area contributed by atoms with E-state index in [1.807, 2.05) is 6.92 Å². The number of ether oxygens (including phenoxy) is 1. The van der Waals surface area contributed by atoms with E-state index >= 15 is 0 Å². The number of amides is 1. The van der Waals surface area contributed by atoms with Crippen molar-refractivity contribution in [1.29, 1.82) is 0 Å². The number of benzene rings is 1. The highest BCUT2D eigenvalue weighted by molar-refractivity contribution is 5.66. The maximum absolute atomic E-state index is 13.5. The van der Waals surface area contributed by atoms with Crippen LogP contribution >= 0.6 is 0 Å². The molecule has 2 atom stereocenters. The standard InChI is InChI=1S/C15H21FN2O3/c1-10(17)6-8-21-14-5-4-11(16)9-12(14)13-3-2-7-18(13)15(19)20/h4-5,9-10,13H,2-3,6-8,17H2,1H3,(H,19,20). The van der Waals surface area contributed by atoms with Gasteiger partial charge in [-0.25, -0.2) is 9.18 Å². The Kier molecular flexibility index (Phi) is 5.01. The van der Waals surface area contributed by atoms with E-state index in [0.717, 1.165) is 6.42 Å². The molecule has 0 bridgehead atoms. The molecule has 1 aromatic rings. The molecule has 1 aliphatic heterocycles. The first kappa shape index (κ1) is 15.6. The Bertz CT molecular complexity index is 508. The highest BCUT2D eigenvalue weighted by Crippen LogP contribution is 2.37. The number of halogens is 1. The SMILES string of the molecule is CC(N)CCOc1ccc(F)cc1C1CCCN1C(=O)O. The van der Waals surface area contributed by atoms with E-state index < -0.39 is 6.09 Å². The number of carbonyl (C=O) groups is 1. The third kappa shape index (κ3) is 3.85. The smallest absolute Gasteiger partial charge is 0.407 e. The van der Waals surface area contributed by atoms with Crippen LogP contribution in [0.3, 0.4) is 0 Å². The normalized spacial score (nSPS) is 19.6. The molecule has 1 amide bonds. The van der Waals surface area contributed by atoms with Crippen LogP contribution in [-0.2, 0) is 0 Å². The van der Waals surface area contributed by atoms with Crippen LogP contribution in [0.15, 0.2) is 18.2 Å². The summed E-state index contributed by atoms with van der Waals surface area (Å²) in [5.74, 6) is 0.150. The summed E-state index contributed by atoms with van der Waals surface area (Å²) in [4.78, 5) is 12.6. The molecule has 1 fully saturated rings. The van der Waals surface area contributed by atoms with Gasteiger partial charge >= 0.3 is 6.09 Å². The Hall–Kier alpha value is -1.82. The van der Waals surface area contributed by atoms with E-state index in [-0.39, 0.29) is 17.9 Å². The zero-order chi connectivity index (χ0) is 15.4. The topological polar surface area (TPSA) is 75.8 Å². The van der Waals surface area contributed by atoms with Crippen molar-refractivity contribution < 1.29 is 19.0 Å². The molecule has 0 saturated carbocycles. The number of nitrogens with zero attached hydrogens (tertiary/aromatic N) is 1. The molecule has 1 aliphatic rings. The van der Waals surface area contributed by atoms with Gasteiger partial charge in [0.05, 0.1) is 12.6 Å². The van der Waals surface area contributed by atoms with Crippen LogP contribution in [0.25, 0.3) is 0 Å². The summed E-state index contributed by atoms with van der Waals surface area (Å²) in [7, 11) is 0. The fraction of sp³-hybridized carbons (Fsp3) is 0.533. The third-order valence-corrected chi connectivity index (χ3v) is 3.66. The van der Waals surface area contributed by atoms with Crippen molar-refractivity contribution in [3.05, 3.63) is 29.6 Å². The van der Waals surface area contributed by atoms with Crippen LogP contribution in [0.4, 0.5) is 9.18 Å². The second-order valence-corrected chi connectivity index (χ2v) is 5.43. The fourth-order valence-electron chi connectivity index (χ4n) is 2.58. The molecule has 116 valence electrons. The summed E-state index contributed by atoms with van der Waals surface area (Å²) >= 11 is 0. The van der Waals surface area contributed by atoms with Gasteiger partial charge in [-0.05, 0) is 44.4 Å². The third-order valence-electron chi connectivity index (χ3n) is 3.66. The molecule has 0 spiro atoms. The average molecular weight is 296 g/mol. The van der Waals surface area contributed by atoms with E-state index in [0.29, 0.717) is 37.3 Å². The first-order valence-corrected chi connectivity index (χ1v) is 7.16. The van der Waals surface area contributed by atoms with Gasteiger partial charge in [0, 0.05) is 18.2 Å². The number of hydrogen-bond acceptors (Lipinski definition) is 3. The van der Waals surface area contributed by atoms with Crippen LogP contribution in [0.1, 0.15) is 37.8 Å². The lowest BCUT2D eigenvalue weighted by molar-refractivity contribution is 0.139. The van der Waals surface area contributed by atoms with Crippen LogP contribution in [0, 0.1) is 5.82 Å². The lowest BCUT2D eigenvalue weighted by Crippen LogP contribution is -2.29. The molecule has 1 aromatic carbocycles. The molecule has 1 saturated heterocycles. The minimum Gasteiger partial charge on any atom is -0.493 e. The van der Waals surface area contributed by atoms with Gasteiger partial charge in [-0.2, -0.15) is 0 Å². The van der Waals surface area contributed by atoms with Crippen molar-refractivity contribution in [2.75, 3.05) is 13.2 Å². The minimum absolute atomic E-state index is 0.0240. The molecule has 6 heteroatoms. The molecular weight excluding hydrogens is 275 g/mol. The Balaban J connectivity index is 2.20. The van der Waals surface area contributed by atoms with Crippen molar-refractivity contribution in [1.82, 2.24) is 4.90 Å². The van der Waals surface area contributed by atoms with Gasteiger partial charge in [-0.15, -0.1) is 0 Å². The minimum atomic E-state index is -0.983. The molecule has 5 nitrogen and oxygen atoms in total. The van der Waals surface area contributed by atoms with Crippen LogP contribution in [-0.4, -0.2) is 35.3 Å². The van der Waals surface area contributed by atoms with Crippen molar-refractivity contribution in [2.45, 2.75) is 38.3 Å². The summed E-state index contributed by atoms with van der Waals surface area (Å²) in [6.45, 7) is 2.78. The van der Waals surface area contributed by atoms with Gasteiger partial charge in [-0.3, -0.25) is 0 Å². The van der Waals surface area contributed by atoms with Crippen LogP contribution in [0.2, 0.25) is 0 Å². The Morgan fingerprint density at radius 1 is 1.62 bits per heavy atom. The quantitative estimate of drug-likeness (QED) is 0.876. The lowest BCUT2D eigenvalue weighted by Gasteiger charge is -2.24. The number of likely N-dealkylation sites (tertiary alicyclic amines) is 1. The van der Waals surface area contributed by atoms with E-state index in [4.69, 9.17) is 10.5 Å². The van der Waals surface area contributed by atoms with Crippen molar-refractivity contribution >= 4 is 6.09 Å². The number of carboxylic acid groups (broad SMARTS) is 1. The van der Waals surface area contributed by atoms with E-state index in [1.54, 1.807) is 6.07 Å². The molecule has 0 aliphatic carbocycles. The maximum Gasteiger partial charge on any atom is 0.407 e. The fourth-order valence-corrected chi connectivity index (χ4v) is 2.58. The molecule has 1 heterocycles. The number of hydrogen-bond donors (Lipinski definition) is 2. The summed E-state index contributed by atoms with van der Waals surface area (Å²) in [5, 5.41) is 9.23. The summed E-state index contributed by atoms with van der Waals surface area (Å²) in [6.07, 6.45) is 1.15. The van der Waals surface area contributed by atoms with Gasteiger partial charge < -0.3 is 20.5 Å². The van der Waals surface area contributed by atoms with Gasteiger partial charge in [-0.1, -0.05) is 0 Å². The summed E-state index contributed by atoms with van der Waals surface area (Å²) < 4.78 is 19.2. The van der Waals surface area contributed by atoms with Gasteiger partial charge in [0.2, 0.25) is 0 Å². The highest BCUT2D eigenvalue weighted by Gasteiger charge is 2.32. The van der Waals surface area contributed by atoms with Gasteiger partial charge in [0.25, 0.3) is 0 Å². The molecular formula is C15H21FN2O3. The monoisotopic (exact) mass is 296 g/mol. The van der Waals surface area contributed by atoms with Crippen molar-refractivity contribution in [2.24, 2.45) is 5.73 Å². The van der Waals surface area contributed by atoms with E-state index in [2.05, 4.69) is 0 Å². The molecule has 3 N–H and O–H groups in total. The largest absolute Gasteiger partial charge is 0.493 e. The van der Waals surface area contributed by atoms with E-state index in [1.165, 1.54) is 17.0 Å². The molecule has 0 aromatic heterocycles. The lowest BCUT2D eigenvalue weighted by atomic mass is 10.0. The van der Waals surface area contributed by atoms with Crippen LogP contribution in [0.5, 0.6) is 5.75 Å². The Labute approximate surface area is 123 Å². The first-order valence-electron chi connectivity index (χ1n) is 7.16. The molecule has 2 unspecified atom stereocenters. The number of nitrogens with two attached hydrogens (primary N) is 1. The van der Waals surface area contributed by atoms with Crippen molar-refractivity contribution in [3.8, 4) is 5.75 Å². The summed E-state index contributed by atoms with van der Waals surface area (Å²) in [5.41, 5.74) is 6.27. The van der Waals surface area contributed by atoms with Gasteiger partial charge in [0.1, 0.15) is 11.6 Å². The number of rotatable bonds is 5. The second kappa shape index (κ2) is 6.76. The highest BCUT2D eigenvalue weighted by atomic mass is 19.1. The molecule has 21 heavy (non-hydrogen) atoms. The Morgan fingerprint density at radius 2 is 2.38 bits per heavy atom. The molecule has 0 radical (unpaired) electrons. The maximum atomic E-state index is 13.5. The Morgan fingerprint density at radius 3 is 3.05 bits per heavy atom. The average Bonchev–Trinajstić information content (AvgIpc) is 2.89. The predicted octanol–water partition coefficient (Wildman–Crippen LogP) is 2.76. The molecule has 2 rings (SSSR count). The van der Waals surface area contributed by atoms with Gasteiger partial charge in [0.15, 0.2) is 0 Å².